The van der Waals surface area contributed by atoms with Crippen molar-refractivity contribution in [2.24, 2.45) is 0 Å². The number of carbonyl (C=O) groups excluding carboxylic acids is 1. The molecule has 1 heterocycles. The molecule has 0 atom stereocenters. The SMILES string of the molecule is CCOc1cc(CNC(=O)c2ccc(S(=O)(=O)N3CCCC3)cc2)ccc1OC. The van der Waals surface area contributed by atoms with Gasteiger partial charge in [0.2, 0.25) is 10.0 Å². The van der Waals surface area contributed by atoms with E-state index in [1.807, 2.05) is 19.1 Å². The fourth-order valence-electron chi connectivity index (χ4n) is 3.24. The van der Waals surface area contributed by atoms with Gasteiger partial charge in [-0.15, -0.1) is 0 Å². The van der Waals surface area contributed by atoms with Gasteiger partial charge in [-0.25, -0.2) is 8.42 Å². The Balaban J connectivity index is 1.65. The first-order chi connectivity index (χ1) is 14.0. The first kappa shape index (κ1) is 21.1. The number of benzene rings is 2. The number of nitrogens with one attached hydrogen (secondary N) is 1. The van der Waals surface area contributed by atoms with Gasteiger partial charge in [0, 0.05) is 25.2 Å². The summed E-state index contributed by atoms with van der Waals surface area (Å²) in [6.45, 7) is 3.82. The molecule has 3 rings (SSSR count). The van der Waals surface area contributed by atoms with Crippen molar-refractivity contribution in [3.63, 3.8) is 0 Å². The third-order valence-corrected chi connectivity index (χ3v) is 6.71. The normalized spacial score (nSPS) is 14.6. The number of ether oxygens (including phenoxy) is 2. The molecule has 2 aromatic carbocycles. The number of rotatable bonds is 8. The molecule has 1 fully saturated rings. The van der Waals surface area contributed by atoms with Crippen LogP contribution in [-0.2, 0) is 16.6 Å². The minimum Gasteiger partial charge on any atom is -0.493 e. The average molecular weight is 419 g/mol. The van der Waals surface area contributed by atoms with Crippen molar-refractivity contribution in [1.29, 1.82) is 0 Å². The molecule has 0 saturated carbocycles. The molecule has 0 spiro atoms. The molecule has 1 saturated heterocycles. The molecule has 0 radical (unpaired) electrons. The zero-order valence-corrected chi connectivity index (χ0v) is 17.5. The molecule has 29 heavy (non-hydrogen) atoms. The monoisotopic (exact) mass is 418 g/mol. The van der Waals surface area contributed by atoms with E-state index in [1.165, 1.54) is 28.6 Å². The van der Waals surface area contributed by atoms with Gasteiger partial charge >= 0.3 is 0 Å². The highest BCUT2D eigenvalue weighted by atomic mass is 32.2. The Morgan fingerprint density at radius 3 is 2.38 bits per heavy atom. The van der Waals surface area contributed by atoms with E-state index in [-0.39, 0.29) is 10.8 Å². The Labute approximate surface area is 171 Å². The largest absolute Gasteiger partial charge is 0.493 e. The van der Waals surface area contributed by atoms with Crippen LogP contribution in [0.25, 0.3) is 0 Å². The number of carbonyl (C=O) groups is 1. The van der Waals surface area contributed by atoms with Crippen molar-refractivity contribution in [3.05, 3.63) is 53.6 Å². The first-order valence-corrected chi connectivity index (χ1v) is 11.1. The zero-order chi connectivity index (χ0) is 20.9. The van der Waals surface area contributed by atoms with Crippen LogP contribution in [0.15, 0.2) is 47.4 Å². The highest BCUT2D eigenvalue weighted by molar-refractivity contribution is 7.89. The molecular weight excluding hydrogens is 392 g/mol. The highest BCUT2D eigenvalue weighted by Gasteiger charge is 2.27. The average Bonchev–Trinajstić information content (AvgIpc) is 3.28. The van der Waals surface area contributed by atoms with Crippen molar-refractivity contribution in [2.75, 3.05) is 26.8 Å². The molecule has 0 aliphatic carbocycles. The summed E-state index contributed by atoms with van der Waals surface area (Å²) in [5, 5.41) is 2.84. The number of hydrogen-bond acceptors (Lipinski definition) is 5. The predicted molar refractivity (Wildman–Crippen MR) is 110 cm³/mol. The van der Waals surface area contributed by atoms with Crippen LogP contribution < -0.4 is 14.8 Å². The molecule has 156 valence electrons. The molecule has 1 N–H and O–H groups in total. The van der Waals surface area contributed by atoms with Gasteiger partial charge in [-0.2, -0.15) is 4.31 Å². The lowest BCUT2D eigenvalue weighted by Crippen LogP contribution is -2.28. The molecular formula is C21H26N2O5S. The quantitative estimate of drug-likeness (QED) is 0.713. The van der Waals surface area contributed by atoms with Gasteiger partial charge in [0.15, 0.2) is 11.5 Å². The second kappa shape index (κ2) is 9.28. The Morgan fingerprint density at radius 1 is 1.07 bits per heavy atom. The third-order valence-electron chi connectivity index (χ3n) is 4.80. The Bertz CT molecular complexity index is 952. The molecule has 1 aliphatic heterocycles. The molecule has 7 nitrogen and oxygen atoms in total. The van der Waals surface area contributed by atoms with Crippen molar-refractivity contribution in [1.82, 2.24) is 9.62 Å². The van der Waals surface area contributed by atoms with Crippen LogP contribution in [0.5, 0.6) is 11.5 Å². The molecule has 0 unspecified atom stereocenters. The van der Waals surface area contributed by atoms with E-state index in [4.69, 9.17) is 9.47 Å². The second-order valence-electron chi connectivity index (χ2n) is 6.74. The summed E-state index contributed by atoms with van der Waals surface area (Å²) < 4.78 is 37.4. The topological polar surface area (TPSA) is 84.9 Å². The standard InChI is InChI=1S/C21H26N2O5S/c1-3-28-20-14-16(6-11-19(20)27-2)15-22-21(24)17-7-9-18(10-8-17)29(25,26)23-12-4-5-13-23/h6-11,14H,3-5,12-13,15H2,1-2H3,(H,22,24). The number of sulfonamides is 1. The summed E-state index contributed by atoms with van der Waals surface area (Å²) >= 11 is 0. The van der Waals surface area contributed by atoms with Crippen LogP contribution in [0.2, 0.25) is 0 Å². The van der Waals surface area contributed by atoms with Gasteiger partial charge in [-0.1, -0.05) is 6.07 Å². The fourth-order valence-corrected chi connectivity index (χ4v) is 4.76. The maximum atomic E-state index is 12.6. The van der Waals surface area contributed by atoms with E-state index >= 15 is 0 Å². The lowest BCUT2D eigenvalue weighted by Gasteiger charge is -2.15. The highest BCUT2D eigenvalue weighted by Crippen LogP contribution is 2.28. The van der Waals surface area contributed by atoms with Gasteiger partial charge < -0.3 is 14.8 Å². The molecule has 0 aromatic heterocycles. The summed E-state index contributed by atoms with van der Waals surface area (Å²) in [5.41, 5.74) is 1.28. The lowest BCUT2D eigenvalue weighted by molar-refractivity contribution is 0.0950. The van der Waals surface area contributed by atoms with Crippen LogP contribution in [-0.4, -0.2) is 45.4 Å². The van der Waals surface area contributed by atoms with Crippen molar-refractivity contribution >= 4 is 15.9 Å². The smallest absolute Gasteiger partial charge is 0.251 e. The minimum absolute atomic E-state index is 0.215. The summed E-state index contributed by atoms with van der Waals surface area (Å²) in [6.07, 6.45) is 1.77. The van der Waals surface area contributed by atoms with Gasteiger partial charge in [0.1, 0.15) is 0 Å². The molecule has 1 aliphatic rings. The molecule has 1 amide bonds. The predicted octanol–water partition coefficient (Wildman–Crippen LogP) is 2.81. The molecule has 8 heteroatoms. The lowest BCUT2D eigenvalue weighted by atomic mass is 10.1. The second-order valence-corrected chi connectivity index (χ2v) is 8.67. The van der Waals surface area contributed by atoms with E-state index in [0.29, 0.717) is 43.3 Å². The summed E-state index contributed by atoms with van der Waals surface area (Å²) in [7, 11) is -1.90. The third kappa shape index (κ3) is 4.89. The van der Waals surface area contributed by atoms with Gasteiger partial charge in [-0.3, -0.25) is 4.79 Å². The number of nitrogens with zero attached hydrogens (tertiary/aromatic N) is 1. The number of amides is 1. The van der Waals surface area contributed by atoms with Crippen LogP contribution in [0.1, 0.15) is 35.7 Å². The Hall–Kier alpha value is -2.58. The molecule has 2 aromatic rings. The first-order valence-electron chi connectivity index (χ1n) is 9.64. The van der Waals surface area contributed by atoms with E-state index in [0.717, 1.165) is 18.4 Å². The number of methoxy groups -OCH3 is 1. The van der Waals surface area contributed by atoms with Crippen LogP contribution in [0, 0.1) is 0 Å². The van der Waals surface area contributed by atoms with E-state index in [2.05, 4.69) is 5.32 Å². The fraction of sp³-hybridized carbons (Fsp3) is 0.381. The summed E-state index contributed by atoms with van der Waals surface area (Å²) in [4.78, 5) is 12.7. The molecule has 0 bridgehead atoms. The maximum Gasteiger partial charge on any atom is 0.251 e. The van der Waals surface area contributed by atoms with Crippen molar-refractivity contribution < 1.29 is 22.7 Å². The zero-order valence-electron chi connectivity index (χ0n) is 16.7. The Kier molecular flexibility index (Phi) is 6.76. The Morgan fingerprint density at radius 2 is 1.76 bits per heavy atom. The van der Waals surface area contributed by atoms with E-state index in [9.17, 15) is 13.2 Å². The summed E-state index contributed by atoms with van der Waals surface area (Å²) in [5.74, 6) is 0.985. The maximum absolute atomic E-state index is 12.6. The van der Waals surface area contributed by atoms with Gasteiger partial charge in [0.25, 0.3) is 5.91 Å². The van der Waals surface area contributed by atoms with Crippen LogP contribution in [0.3, 0.4) is 0 Å². The number of hydrogen-bond donors (Lipinski definition) is 1. The van der Waals surface area contributed by atoms with Gasteiger partial charge in [0.05, 0.1) is 18.6 Å². The van der Waals surface area contributed by atoms with Crippen molar-refractivity contribution in [3.8, 4) is 11.5 Å². The van der Waals surface area contributed by atoms with E-state index < -0.39 is 10.0 Å². The van der Waals surface area contributed by atoms with Crippen LogP contribution in [0.4, 0.5) is 0 Å². The summed E-state index contributed by atoms with van der Waals surface area (Å²) in [6, 6.07) is 11.5. The van der Waals surface area contributed by atoms with Gasteiger partial charge in [-0.05, 0) is 61.7 Å². The van der Waals surface area contributed by atoms with E-state index in [1.54, 1.807) is 13.2 Å². The minimum atomic E-state index is -3.48. The van der Waals surface area contributed by atoms with Crippen molar-refractivity contribution in [2.45, 2.75) is 31.2 Å². The van der Waals surface area contributed by atoms with Crippen LogP contribution >= 0.6 is 0 Å².